The third-order valence-electron chi connectivity index (χ3n) is 2.47. The van der Waals surface area contributed by atoms with Gasteiger partial charge in [0.2, 0.25) is 18.0 Å². The summed E-state index contributed by atoms with van der Waals surface area (Å²) >= 11 is 0. The number of ether oxygens (including phenoxy) is 1. The maximum Gasteiger partial charge on any atom is 0.363 e. The minimum Gasteiger partial charge on any atom is -0.406 e. The average molecular weight is 248 g/mol. The predicted octanol–water partition coefficient (Wildman–Crippen LogP) is 0.174. The molecule has 1 unspecified atom stereocenters. The van der Waals surface area contributed by atoms with Crippen molar-refractivity contribution in [1.82, 2.24) is 10.3 Å². The number of carbonyl (C=O) groups is 2. The number of esters is 1. The van der Waals surface area contributed by atoms with Crippen molar-refractivity contribution in [3.05, 3.63) is 17.8 Å². The summed E-state index contributed by atoms with van der Waals surface area (Å²) in [6, 6.07) is 1.78. The molecule has 7 nitrogen and oxygen atoms in total. The smallest absolute Gasteiger partial charge is 0.363 e. The number of hydrogen-bond donors (Lipinski definition) is 2. The summed E-state index contributed by atoms with van der Waals surface area (Å²) in [5, 5.41) is 2.33. The molecule has 0 radical (unpaired) electrons. The molecule has 94 valence electrons. The SMILES string of the molecule is Cc1cc[nH]c1OC(=O)C1(C)N=CC(NC=O)=N1. The molecule has 0 spiro atoms. The fourth-order valence-electron chi connectivity index (χ4n) is 1.44. The van der Waals surface area contributed by atoms with Crippen LogP contribution in [0.1, 0.15) is 12.5 Å². The summed E-state index contributed by atoms with van der Waals surface area (Å²) in [4.78, 5) is 32.9. The van der Waals surface area contributed by atoms with Gasteiger partial charge in [-0.3, -0.25) is 4.79 Å². The molecule has 1 aromatic rings. The molecule has 1 aliphatic rings. The van der Waals surface area contributed by atoms with Gasteiger partial charge in [-0.1, -0.05) is 0 Å². The second kappa shape index (κ2) is 4.44. The lowest BCUT2D eigenvalue weighted by molar-refractivity contribution is -0.139. The van der Waals surface area contributed by atoms with E-state index in [-0.39, 0.29) is 5.84 Å². The van der Waals surface area contributed by atoms with E-state index in [9.17, 15) is 9.59 Å². The number of aromatic amines is 1. The first kappa shape index (κ1) is 12.0. The van der Waals surface area contributed by atoms with E-state index < -0.39 is 11.6 Å². The number of amides is 1. The van der Waals surface area contributed by atoms with Crippen molar-refractivity contribution >= 4 is 24.4 Å². The first-order valence-electron chi connectivity index (χ1n) is 5.27. The molecule has 0 aromatic carbocycles. The van der Waals surface area contributed by atoms with E-state index >= 15 is 0 Å². The van der Waals surface area contributed by atoms with Crippen LogP contribution in [-0.2, 0) is 9.59 Å². The Morgan fingerprint density at radius 2 is 2.39 bits per heavy atom. The lowest BCUT2D eigenvalue weighted by Crippen LogP contribution is -2.34. The number of nitrogens with zero attached hydrogens (tertiary/aromatic N) is 2. The van der Waals surface area contributed by atoms with Gasteiger partial charge in [0, 0.05) is 11.8 Å². The number of aliphatic imine (C=N–C) groups is 2. The molecule has 0 saturated heterocycles. The fourth-order valence-corrected chi connectivity index (χ4v) is 1.44. The highest BCUT2D eigenvalue weighted by molar-refractivity contribution is 6.33. The zero-order chi connectivity index (χ0) is 13.2. The van der Waals surface area contributed by atoms with E-state index in [4.69, 9.17) is 4.74 Å². The van der Waals surface area contributed by atoms with E-state index in [0.717, 1.165) is 5.56 Å². The highest BCUT2D eigenvalue weighted by Crippen LogP contribution is 2.21. The topological polar surface area (TPSA) is 95.9 Å². The molecule has 1 amide bonds. The summed E-state index contributed by atoms with van der Waals surface area (Å²) in [6.45, 7) is 3.31. The van der Waals surface area contributed by atoms with Crippen molar-refractivity contribution in [1.29, 1.82) is 0 Å². The molecule has 18 heavy (non-hydrogen) atoms. The summed E-state index contributed by atoms with van der Waals surface area (Å²) in [6.07, 6.45) is 3.45. The number of hydrogen-bond acceptors (Lipinski definition) is 5. The second-order valence-electron chi connectivity index (χ2n) is 3.92. The number of H-pyrrole nitrogens is 1. The van der Waals surface area contributed by atoms with E-state index in [1.807, 2.05) is 6.92 Å². The highest BCUT2D eigenvalue weighted by atomic mass is 16.5. The lowest BCUT2D eigenvalue weighted by atomic mass is 10.2. The van der Waals surface area contributed by atoms with Gasteiger partial charge in [-0.15, -0.1) is 0 Å². The minimum atomic E-state index is -1.36. The van der Waals surface area contributed by atoms with Gasteiger partial charge in [-0.2, -0.15) is 0 Å². The standard InChI is InChI=1S/C11H12N4O3/c1-7-3-4-12-9(7)18-10(17)11(2)14-5-8(15-11)13-6-16/h3-6,12H,1-2H3,(H,13,15,16). The van der Waals surface area contributed by atoms with E-state index in [1.54, 1.807) is 12.3 Å². The third-order valence-corrected chi connectivity index (χ3v) is 2.47. The van der Waals surface area contributed by atoms with E-state index in [1.165, 1.54) is 13.1 Å². The number of carbonyl (C=O) groups excluding carboxylic acids is 2. The van der Waals surface area contributed by atoms with Gasteiger partial charge in [0.15, 0.2) is 0 Å². The molecule has 7 heteroatoms. The molecule has 1 atom stereocenters. The summed E-state index contributed by atoms with van der Waals surface area (Å²) in [5.41, 5.74) is -0.549. The predicted molar refractivity (Wildman–Crippen MR) is 64.7 cm³/mol. The Labute approximate surface area is 103 Å². The van der Waals surface area contributed by atoms with Gasteiger partial charge >= 0.3 is 5.97 Å². The van der Waals surface area contributed by atoms with Gasteiger partial charge in [-0.25, -0.2) is 14.8 Å². The molecule has 0 saturated carbocycles. The Balaban J connectivity index is 2.13. The molecule has 1 aromatic heterocycles. The van der Waals surface area contributed by atoms with Gasteiger partial charge in [0.1, 0.15) is 5.84 Å². The van der Waals surface area contributed by atoms with Crippen LogP contribution in [0.3, 0.4) is 0 Å². The largest absolute Gasteiger partial charge is 0.406 e. The van der Waals surface area contributed by atoms with Crippen molar-refractivity contribution in [2.75, 3.05) is 0 Å². The number of nitrogens with one attached hydrogen (secondary N) is 2. The summed E-state index contributed by atoms with van der Waals surface area (Å²) in [5.74, 6) is -0.0249. The molecule has 0 aliphatic carbocycles. The van der Waals surface area contributed by atoms with Crippen molar-refractivity contribution in [3.63, 3.8) is 0 Å². The van der Waals surface area contributed by atoms with Crippen molar-refractivity contribution in [2.24, 2.45) is 9.98 Å². The Bertz CT molecular complexity index is 546. The quantitative estimate of drug-likeness (QED) is 0.589. The fraction of sp³-hybridized carbons (Fsp3) is 0.273. The normalized spacial score (nSPS) is 21.6. The first-order chi connectivity index (χ1) is 8.55. The Morgan fingerprint density at radius 3 is 3.00 bits per heavy atom. The monoisotopic (exact) mass is 248 g/mol. The molecule has 2 heterocycles. The van der Waals surface area contributed by atoms with Gasteiger partial charge in [-0.05, 0) is 19.9 Å². The number of aromatic nitrogens is 1. The first-order valence-corrected chi connectivity index (χ1v) is 5.27. The third kappa shape index (κ3) is 2.15. The zero-order valence-electron chi connectivity index (χ0n) is 9.93. The molecule has 2 N–H and O–H groups in total. The van der Waals surface area contributed by atoms with Crippen LogP contribution in [0, 0.1) is 6.92 Å². The number of aryl methyl sites for hydroxylation is 1. The highest BCUT2D eigenvalue weighted by Gasteiger charge is 2.37. The number of amidine groups is 1. The van der Waals surface area contributed by atoms with Crippen molar-refractivity contribution < 1.29 is 14.3 Å². The van der Waals surface area contributed by atoms with E-state index in [2.05, 4.69) is 20.3 Å². The Hall–Kier alpha value is -2.44. The van der Waals surface area contributed by atoms with Crippen LogP contribution >= 0.6 is 0 Å². The molecule has 2 rings (SSSR count). The van der Waals surface area contributed by atoms with Crippen LogP contribution in [0.25, 0.3) is 0 Å². The molecular weight excluding hydrogens is 236 g/mol. The van der Waals surface area contributed by atoms with Gasteiger partial charge < -0.3 is 15.0 Å². The molecular formula is C11H12N4O3. The van der Waals surface area contributed by atoms with Crippen molar-refractivity contribution in [2.45, 2.75) is 19.5 Å². The van der Waals surface area contributed by atoms with Gasteiger partial charge in [0.05, 0.1) is 6.21 Å². The molecule has 1 aliphatic heterocycles. The average Bonchev–Trinajstić information content (AvgIpc) is 2.88. The maximum atomic E-state index is 12.0. The maximum absolute atomic E-state index is 12.0. The number of rotatable bonds is 3. The zero-order valence-corrected chi connectivity index (χ0v) is 9.93. The summed E-state index contributed by atoms with van der Waals surface area (Å²) in [7, 11) is 0. The van der Waals surface area contributed by atoms with Crippen LogP contribution in [0.5, 0.6) is 5.88 Å². The van der Waals surface area contributed by atoms with E-state index in [0.29, 0.717) is 12.3 Å². The van der Waals surface area contributed by atoms with Crippen LogP contribution in [-0.4, -0.2) is 35.1 Å². The molecule has 0 fully saturated rings. The van der Waals surface area contributed by atoms with Crippen LogP contribution in [0.15, 0.2) is 22.2 Å². The van der Waals surface area contributed by atoms with Crippen LogP contribution in [0.4, 0.5) is 0 Å². The van der Waals surface area contributed by atoms with Crippen molar-refractivity contribution in [3.8, 4) is 5.88 Å². The summed E-state index contributed by atoms with van der Waals surface area (Å²) < 4.78 is 5.17. The van der Waals surface area contributed by atoms with Crippen LogP contribution < -0.4 is 10.1 Å². The minimum absolute atomic E-state index is 0.229. The van der Waals surface area contributed by atoms with Gasteiger partial charge in [0.25, 0.3) is 0 Å². The molecule has 0 bridgehead atoms. The van der Waals surface area contributed by atoms with Crippen LogP contribution in [0.2, 0.25) is 0 Å². The Kier molecular flexibility index (Phi) is 2.97. The lowest BCUT2D eigenvalue weighted by Gasteiger charge is -2.15. The second-order valence-corrected chi connectivity index (χ2v) is 3.92. The Morgan fingerprint density at radius 1 is 1.61 bits per heavy atom.